The molecule has 0 aliphatic rings. The van der Waals surface area contributed by atoms with Gasteiger partial charge in [-0.05, 0) is 102 Å². The van der Waals surface area contributed by atoms with E-state index >= 15 is 0 Å². The lowest BCUT2D eigenvalue weighted by molar-refractivity contribution is -0.385. The topological polar surface area (TPSA) is 130 Å². The van der Waals surface area contributed by atoms with Gasteiger partial charge in [-0.25, -0.2) is 0 Å². The fourth-order valence-corrected chi connectivity index (χ4v) is 4.95. The van der Waals surface area contributed by atoms with Crippen LogP contribution in [0.2, 0.25) is 0 Å². The number of nitrogens with zero attached hydrogens (tertiary/aromatic N) is 1. The number of para-hydroxylation sites is 1. The van der Waals surface area contributed by atoms with Gasteiger partial charge < -0.3 is 16.0 Å². The molecular formula is C31H25IN4O5S. The van der Waals surface area contributed by atoms with E-state index in [0.717, 1.165) is 14.2 Å². The van der Waals surface area contributed by atoms with Crippen LogP contribution >= 0.6 is 34.4 Å². The Kier molecular flexibility index (Phi) is 10.5. The van der Waals surface area contributed by atoms with Crippen molar-refractivity contribution in [2.75, 3.05) is 10.6 Å². The van der Waals surface area contributed by atoms with Gasteiger partial charge in [0.1, 0.15) is 5.70 Å². The second-order valence-corrected chi connectivity index (χ2v) is 11.6. The van der Waals surface area contributed by atoms with Crippen LogP contribution in [0.3, 0.4) is 0 Å². The van der Waals surface area contributed by atoms with Gasteiger partial charge in [0.25, 0.3) is 17.5 Å². The molecule has 3 amide bonds. The number of nitro benzene ring substituents is 1. The highest BCUT2D eigenvalue weighted by molar-refractivity contribution is 14.1. The highest BCUT2D eigenvalue weighted by Crippen LogP contribution is 2.26. The highest BCUT2D eigenvalue weighted by atomic mass is 127. The summed E-state index contributed by atoms with van der Waals surface area (Å²) in [6.07, 6.45) is 1.27. The van der Waals surface area contributed by atoms with E-state index in [2.05, 4.69) is 38.5 Å². The molecule has 4 rings (SSSR count). The van der Waals surface area contributed by atoms with E-state index in [4.69, 9.17) is 0 Å². The molecule has 0 aromatic heterocycles. The largest absolute Gasteiger partial charge is 0.325 e. The van der Waals surface area contributed by atoms with Gasteiger partial charge in [-0.3, -0.25) is 24.5 Å². The fraction of sp³-hybridized carbons (Fsp3) is 0.0645. The van der Waals surface area contributed by atoms with Gasteiger partial charge in [-0.15, -0.1) is 11.8 Å². The van der Waals surface area contributed by atoms with Crippen molar-refractivity contribution in [3.05, 3.63) is 134 Å². The van der Waals surface area contributed by atoms with Crippen molar-refractivity contribution < 1.29 is 19.3 Å². The quantitative estimate of drug-likeness (QED) is 0.0556. The third-order valence-electron chi connectivity index (χ3n) is 5.87. The summed E-state index contributed by atoms with van der Waals surface area (Å²) in [6.45, 7) is 1.80. The number of nitrogens with one attached hydrogen (secondary N) is 3. The van der Waals surface area contributed by atoms with Gasteiger partial charge in [-0.1, -0.05) is 30.3 Å². The van der Waals surface area contributed by atoms with Gasteiger partial charge >= 0.3 is 0 Å². The van der Waals surface area contributed by atoms with E-state index < -0.39 is 16.7 Å². The molecule has 0 fully saturated rings. The SMILES string of the molecule is CC(Sc1ccc(NC(=O)/C(=C/c2ccccc2[N+](=O)[O-])NC(=O)c2ccccc2)cc1)C(=O)Nc1ccc(I)cc1. The van der Waals surface area contributed by atoms with E-state index in [-0.39, 0.29) is 28.1 Å². The lowest BCUT2D eigenvalue weighted by Crippen LogP contribution is -2.30. The van der Waals surface area contributed by atoms with E-state index in [1.165, 1.54) is 36.0 Å². The highest BCUT2D eigenvalue weighted by Gasteiger charge is 2.19. The molecule has 9 nitrogen and oxygen atoms in total. The van der Waals surface area contributed by atoms with Gasteiger partial charge in [0.05, 0.1) is 15.7 Å². The molecule has 42 heavy (non-hydrogen) atoms. The number of rotatable bonds is 10. The lowest BCUT2D eigenvalue weighted by atomic mass is 10.1. The molecule has 0 spiro atoms. The first kappa shape index (κ1) is 30.5. The number of hydrogen-bond donors (Lipinski definition) is 3. The Hall–Kier alpha value is -4.49. The Bertz CT molecular complexity index is 1630. The maximum Gasteiger partial charge on any atom is 0.276 e. The van der Waals surface area contributed by atoms with Crippen LogP contribution in [0.25, 0.3) is 6.08 Å². The number of halogens is 1. The summed E-state index contributed by atoms with van der Waals surface area (Å²) >= 11 is 3.56. The second kappa shape index (κ2) is 14.4. The Labute approximate surface area is 260 Å². The Morgan fingerprint density at radius 2 is 1.43 bits per heavy atom. The molecule has 11 heteroatoms. The van der Waals surface area contributed by atoms with Crippen molar-refractivity contribution in [3.8, 4) is 0 Å². The molecule has 0 radical (unpaired) electrons. The predicted octanol–water partition coefficient (Wildman–Crippen LogP) is 6.73. The van der Waals surface area contributed by atoms with Gasteiger partial charge in [0, 0.05) is 31.5 Å². The molecule has 3 N–H and O–H groups in total. The molecule has 1 atom stereocenters. The van der Waals surface area contributed by atoms with Gasteiger partial charge in [0.2, 0.25) is 5.91 Å². The van der Waals surface area contributed by atoms with E-state index in [1.54, 1.807) is 67.6 Å². The number of thioether (sulfide) groups is 1. The first-order valence-electron chi connectivity index (χ1n) is 12.7. The van der Waals surface area contributed by atoms with Gasteiger partial charge in [0.15, 0.2) is 0 Å². The molecule has 0 aliphatic carbocycles. The summed E-state index contributed by atoms with van der Waals surface area (Å²) in [5.74, 6) is -1.35. The number of nitro groups is 1. The lowest BCUT2D eigenvalue weighted by Gasteiger charge is -2.13. The third-order valence-corrected chi connectivity index (χ3v) is 7.70. The molecule has 4 aromatic carbocycles. The summed E-state index contributed by atoms with van der Waals surface area (Å²) in [5, 5.41) is 19.3. The van der Waals surface area contributed by atoms with Crippen LogP contribution in [-0.2, 0) is 9.59 Å². The standard InChI is InChI=1S/C31H25IN4O5S/c1-20(29(37)33-24-13-11-23(32)12-14-24)42-26-17-15-25(16-18-26)34-31(39)27(35-30(38)21-7-3-2-4-8-21)19-22-9-5-6-10-28(22)36(40)41/h2-20H,1H3,(H,33,37)(H,34,39)(H,35,38)/b27-19-. The van der Waals surface area contributed by atoms with Crippen LogP contribution in [0.5, 0.6) is 0 Å². The number of anilines is 2. The number of amides is 3. The predicted molar refractivity (Wildman–Crippen MR) is 173 cm³/mol. The Morgan fingerprint density at radius 3 is 2.10 bits per heavy atom. The monoisotopic (exact) mass is 692 g/mol. The first-order valence-corrected chi connectivity index (χ1v) is 14.6. The van der Waals surface area contributed by atoms with Crippen LogP contribution < -0.4 is 16.0 Å². The summed E-state index contributed by atoms with van der Waals surface area (Å²) in [6, 6.07) is 28.6. The molecule has 212 valence electrons. The molecule has 0 heterocycles. The normalized spacial score (nSPS) is 11.7. The Balaban J connectivity index is 1.47. The van der Waals surface area contributed by atoms with Gasteiger partial charge in [-0.2, -0.15) is 0 Å². The van der Waals surface area contributed by atoms with Crippen LogP contribution in [0.4, 0.5) is 17.1 Å². The molecule has 0 saturated heterocycles. The summed E-state index contributed by atoms with van der Waals surface area (Å²) in [4.78, 5) is 50.5. The second-order valence-electron chi connectivity index (χ2n) is 8.93. The molecular weight excluding hydrogens is 667 g/mol. The molecule has 0 saturated carbocycles. The number of carbonyl (C=O) groups excluding carboxylic acids is 3. The molecule has 0 bridgehead atoms. The molecule has 4 aromatic rings. The first-order chi connectivity index (χ1) is 20.2. The van der Waals surface area contributed by atoms with Crippen molar-refractivity contribution in [2.24, 2.45) is 0 Å². The van der Waals surface area contributed by atoms with Crippen molar-refractivity contribution in [3.63, 3.8) is 0 Å². The van der Waals surface area contributed by atoms with E-state index in [9.17, 15) is 24.5 Å². The van der Waals surface area contributed by atoms with Crippen molar-refractivity contribution in [1.82, 2.24) is 5.32 Å². The van der Waals surface area contributed by atoms with Crippen LogP contribution in [-0.4, -0.2) is 27.9 Å². The average Bonchev–Trinajstić information content (AvgIpc) is 2.99. The van der Waals surface area contributed by atoms with Crippen molar-refractivity contribution in [1.29, 1.82) is 0 Å². The summed E-state index contributed by atoms with van der Waals surface area (Å²) in [5.41, 5.74) is 1.25. The fourth-order valence-electron chi connectivity index (χ4n) is 3.72. The van der Waals surface area contributed by atoms with Crippen molar-refractivity contribution in [2.45, 2.75) is 17.1 Å². The zero-order chi connectivity index (χ0) is 30.1. The summed E-state index contributed by atoms with van der Waals surface area (Å²) < 4.78 is 1.07. The maximum atomic E-state index is 13.3. The maximum absolute atomic E-state index is 13.3. The molecule has 1 unspecified atom stereocenters. The minimum absolute atomic E-state index is 0.141. The van der Waals surface area contributed by atoms with Crippen LogP contribution in [0.1, 0.15) is 22.8 Å². The summed E-state index contributed by atoms with van der Waals surface area (Å²) in [7, 11) is 0. The van der Waals surface area contributed by atoms with Crippen LogP contribution in [0.15, 0.2) is 114 Å². The smallest absolute Gasteiger partial charge is 0.276 e. The zero-order valence-corrected chi connectivity index (χ0v) is 25.2. The minimum Gasteiger partial charge on any atom is -0.325 e. The average molecular weight is 693 g/mol. The Morgan fingerprint density at radius 1 is 0.833 bits per heavy atom. The van der Waals surface area contributed by atoms with E-state index in [0.29, 0.717) is 11.3 Å². The third kappa shape index (κ3) is 8.51. The number of hydrogen-bond acceptors (Lipinski definition) is 6. The number of benzene rings is 4. The zero-order valence-electron chi connectivity index (χ0n) is 22.2. The van der Waals surface area contributed by atoms with Crippen molar-refractivity contribution >= 4 is 75.2 Å². The minimum atomic E-state index is -0.664. The molecule has 0 aliphatic heterocycles. The number of carbonyl (C=O) groups is 3. The van der Waals surface area contributed by atoms with Crippen LogP contribution in [0, 0.1) is 13.7 Å². The van der Waals surface area contributed by atoms with E-state index in [1.807, 2.05) is 24.3 Å².